The Morgan fingerprint density at radius 2 is 2.14 bits per heavy atom. The summed E-state index contributed by atoms with van der Waals surface area (Å²) in [5.74, 6) is -1.07. The number of hydrogen-bond donors (Lipinski definition) is 3. The highest BCUT2D eigenvalue weighted by molar-refractivity contribution is 9.10. The van der Waals surface area contributed by atoms with Crippen molar-refractivity contribution >= 4 is 33.6 Å². The number of aromatic nitrogens is 2. The largest absolute Gasteiger partial charge is 0.478 e. The van der Waals surface area contributed by atoms with Crippen molar-refractivity contribution < 1.29 is 14.7 Å². The molecule has 110 valence electrons. The van der Waals surface area contributed by atoms with E-state index in [4.69, 9.17) is 5.11 Å². The molecule has 1 heterocycles. The van der Waals surface area contributed by atoms with Crippen LogP contribution in [0.25, 0.3) is 0 Å². The maximum Gasteiger partial charge on any atom is 0.336 e. The topological polar surface area (TPSA) is 96.2 Å². The number of aryl methyl sites for hydroxylation is 1. The molecule has 7 nitrogen and oxygen atoms in total. The van der Waals surface area contributed by atoms with Crippen LogP contribution in [0.4, 0.5) is 10.5 Å². The molecule has 0 saturated heterocycles. The van der Waals surface area contributed by atoms with E-state index in [0.29, 0.717) is 10.2 Å². The van der Waals surface area contributed by atoms with Crippen molar-refractivity contribution in [3.8, 4) is 0 Å². The molecule has 2 rings (SSSR count). The van der Waals surface area contributed by atoms with Crippen molar-refractivity contribution in [2.24, 2.45) is 7.05 Å². The minimum absolute atomic E-state index is 0.0810. The van der Waals surface area contributed by atoms with Crippen molar-refractivity contribution in [1.29, 1.82) is 0 Å². The zero-order valence-corrected chi connectivity index (χ0v) is 12.7. The normalized spacial score (nSPS) is 10.2. The minimum Gasteiger partial charge on any atom is -0.478 e. The smallest absolute Gasteiger partial charge is 0.336 e. The Labute approximate surface area is 129 Å². The molecule has 0 saturated carbocycles. The number of halogens is 1. The first kappa shape index (κ1) is 15.0. The first-order valence-corrected chi connectivity index (χ1v) is 6.81. The van der Waals surface area contributed by atoms with E-state index in [1.807, 2.05) is 0 Å². The number of hydrogen-bond acceptors (Lipinski definition) is 3. The fourth-order valence-electron chi connectivity index (χ4n) is 1.67. The highest BCUT2D eigenvalue weighted by atomic mass is 79.9. The van der Waals surface area contributed by atoms with E-state index in [0.717, 1.165) is 5.69 Å². The first-order valence-electron chi connectivity index (χ1n) is 6.02. The number of carbonyl (C=O) groups excluding carboxylic acids is 1. The van der Waals surface area contributed by atoms with Crippen LogP contribution in [0, 0.1) is 0 Å². The summed E-state index contributed by atoms with van der Waals surface area (Å²) in [4.78, 5) is 22.7. The second-order valence-electron chi connectivity index (χ2n) is 4.29. The number of carboxylic acids is 1. The summed E-state index contributed by atoms with van der Waals surface area (Å²) >= 11 is 3.14. The lowest BCUT2D eigenvalue weighted by Crippen LogP contribution is -2.28. The van der Waals surface area contributed by atoms with Crippen LogP contribution in [-0.2, 0) is 13.6 Å². The molecule has 1 aromatic heterocycles. The molecular weight excluding hydrogens is 340 g/mol. The Morgan fingerprint density at radius 1 is 1.38 bits per heavy atom. The van der Waals surface area contributed by atoms with Crippen molar-refractivity contribution in [2.75, 3.05) is 5.32 Å². The molecule has 0 aliphatic rings. The quantitative estimate of drug-likeness (QED) is 0.785. The third-order valence-corrected chi connectivity index (χ3v) is 3.35. The van der Waals surface area contributed by atoms with E-state index < -0.39 is 12.0 Å². The lowest BCUT2D eigenvalue weighted by molar-refractivity contribution is 0.0696. The van der Waals surface area contributed by atoms with E-state index in [-0.39, 0.29) is 12.1 Å². The maximum absolute atomic E-state index is 11.7. The summed E-state index contributed by atoms with van der Waals surface area (Å²) in [6, 6.07) is 5.92. The average Bonchev–Trinajstić information content (AvgIpc) is 2.84. The second kappa shape index (κ2) is 6.40. The Morgan fingerprint density at radius 3 is 2.76 bits per heavy atom. The molecular formula is C13H13BrN4O3. The highest BCUT2D eigenvalue weighted by Gasteiger charge is 2.10. The van der Waals surface area contributed by atoms with Gasteiger partial charge in [-0.25, -0.2) is 9.59 Å². The molecule has 21 heavy (non-hydrogen) atoms. The maximum atomic E-state index is 11.7. The first-order chi connectivity index (χ1) is 9.95. The number of benzene rings is 1. The van der Waals surface area contributed by atoms with Crippen molar-refractivity contribution in [1.82, 2.24) is 15.1 Å². The molecule has 1 aromatic carbocycles. The predicted octanol–water partition coefficient (Wildman–Crippen LogP) is 2.20. The fourth-order valence-corrected chi connectivity index (χ4v) is 2.09. The van der Waals surface area contributed by atoms with Gasteiger partial charge in [-0.3, -0.25) is 4.68 Å². The summed E-state index contributed by atoms with van der Waals surface area (Å²) in [6.07, 6.45) is 1.78. The van der Waals surface area contributed by atoms with Crippen molar-refractivity contribution in [3.05, 3.63) is 46.2 Å². The number of amides is 2. The lowest BCUT2D eigenvalue weighted by atomic mass is 10.2. The van der Waals surface area contributed by atoms with E-state index in [2.05, 4.69) is 31.7 Å². The molecule has 0 atom stereocenters. The highest BCUT2D eigenvalue weighted by Crippen LogP contribution is 2.21. The Kier molecular flexibility index (Phi) is 4.59. The molecule has 0 aliphatic carbocycles. The van der Waals surface area contributed by atoms with Gasteiger partial charge in [-0.05, 0) is 40.2 Å². The standard InChI is InChI=1S/C13H13BrN4O3/c1-18-5-4-9(17-18)7-15-13(21)16-8-2-3-11(14)10(6-8)12(19)20/h2-6H,7H2,1H3,(H,19,20)(H2,15,16,21). The number of rotatable bonds is 4. The van der Waals surface area contributed by atoms with Crippen LogP contribution in [0.15, 0.2) is 34.9 Å². The summed E-state index contributed by atoms with van der Waals surface area (Å²) < 4.78 is 2.09. The second-order valence-corrected chi connectivity index (χ2v) is 5.14. The molecule has 0 aliphatic heterocycles. The van der Waals surface area contributed by atoms with Crippen LogP contribution in [-0.4, -0.2) is 26.9 Å². The number of nitrogens with one attached hydrogen (secondary N) is 2. The van der Waals surface area contributed by atoms with Crippen LogP contribution < -0.4 is 10.6 Å². The molecule has 0 radical (unpaired) electrons. The van der Waals surface area contributed by atoms with Gasteiger partial charge in [0.2, 0.25) is 0 Å². The molecule has 0 fully saturated rings. The van der Waals surface area contributed by atoms with Crippen LogP contribution in [0.3, 0.4) is 0 Å². The van der Waals surface area contributed by atoms with Crippen LogP contribution in [0.5, 0.6) is 0 Å². The molecule has 2 aromatic rings. The average molecular weight is 353 g/mol. The zero-order valence-electron chi connectivity index (χ0n) is 11.1. The molecule has 8 heteroatoms. The number of carboxylic acid groups (broad SMARTS) is 1. The van der Waals surface area contributed by atoms with Gasteiger partial charge in [0.05, 0.1) is 17.8 Å². The van der Waals surface area contributed by atoms with Gasteiger partial charge in [0.1, 0.15) is 0 Å². The van der Waals surface area contributed by atoms with E-state index in [1.165, 1.54) is 6.07 Å². The van der Waals surface area contributed by atoms with Crippen LogP contribution >= 0.6 is 15.9 Å². The number of anilines is 1. The van der Waals surface area contributed by atoms with Gasteiger partial charge >= 0.3 is 12.0 Å². The number of aromatic carboxylic acids is 1. The summed E-state index contributed by atoms with van der Waals surface area (Å²) in [7, 11) is 1.79. The van der Waals surface area contributed by atoms with Gasteiger partial charge in [0.25, 0.3) is 0 Å². The SMILES string of the molecule is Cn1ccc(CNC(=O)Nc2ccc(Br)c(C(=O)O)c2)n1. The Hall–Kier alpha value is -2.35. The fraction of sp³-hybridized carbons (Fsp3) is 0.154. The number of urea groups is 1. The van der Waals surface area contributed by atoms with Gasteiger partial charge in [0.15, 0.2) is 0 Å². The van der Waals surface area contributed by atoms with Crippen LogP contribution in [0.1, 0.15) is 16.1 Å². The third-order valence-electron chi connectivity index (χ3n) is 2.65. The minimum atomic E-state index is -1.07. The predicted molar refractivity (Wildman–Crippen MR) is 80.2 cm³/mol. The Balaban J connectivity index is 1.96. The molecule has 0 spiro atoms. The molecule has 0 bridgehead atoms. The Bertz CT molecular complexity index is 684. The van der Waals surface area contributed by atoms with E-state index >= 15 is 0 Å². The third kappa shape index (κ3) is 4.06. The number of carbonyl (C=O) groups is 2. The number of nitrogens with zero attached hydrogens (tertiary/aromatic N) is 2. The molecule has 2 amide bonds. The summed E-state index contributed by atoms with van der Waals surface area (Å²) in [5, 5.41) is 18.4. The van der Waals surface area contributed by atoms with Gasteiger partial charge in [-0.1, -0.05) is 0 Å². The van der Waals surface area contributed by atoms with Gasteiger partial charge in [-0.15, -0.1) is 0 Å². The van der Waals surface area contributed by atoms with Crippen molar-refractivity contribution in [3.63, 3.8) is 0 Å². The van der Waals surface area contributed by atoms with Gasteiger partial charge in [0, 0.05) is 23.4 Å². The molecule has 3 N–H and O–H groups in total. The van der Waals surface area contributed by atoms with Crippen molar-refractivity contribution in [2.45, 2.75) is 6.54 Å². The van der Waals surface area contributed by atoms with Gasteiger partial charge < -0.3 is 15.7 Å². The zero-order chi connectivity index (χ0) is 15.4. The van der Waals surface area contributed by atoms with Crippen LogP contribution in [0.2, 0.25) is 0 Å². The molecule has 0 unspecified atom stereocenters. The summed E-state index contributed by atoms with van der Waals surface area (Å²) in [5.41, 5.74) is 1.21. The van der Waals surface area contributed by atoms with E-state index in [1.54, 1.807) is 36.1 Å². The van der Waals surface area contributed by atoms with Gasteiger partial charge in [-0.2, -0.15) is 5.10 Å². The lowest BCUT2D eigenvalue weighted by Gasteiger charge is -2.08. The monoisotopic (exact) mass is 352 g/mol. The summed E-state index contributed by atoms with van der Waals surface area (Å²) in [6.45, 7) is 0.287. The van der Waals surface area contributed by atoms with E-state index in [9.17, 15) is 9.59 Å².